The van der Waals surface area contributed by atoms with E-state index in [1.54, 1.807) is 0 Å². The largest absolute Gasteiger partial charge is 0.317 e. The van der Waals surface area contributed by atoms with Crippen LogP contribution in [0.4, 0.5) is 5.69 Å². The standard InChI is InChI=1S/C19H15BrN2/c20-15-12-10-14(11-13-15)19-21-17-8-4-5-9-18(17)22(19)16-6-2-1-3-7-16/h1-13,17-18H. The predicted octanol–water partition coefficient (Wildman–Crippen LogP) is 4.58. The highest BCUT2D eigenvalue weighted by molar-refractivity contribution is 9.10. The van der Waals surface area contributed by atoms with Crippen molar-refractivity contribution in [2.75, 3.05) is 4.90 Å². The fraction of sp³-hybridized carbons (Fsp3) is 0.105. The van der Waals surface area contributed by atoms with E-state index in [2.05, 4.69) is 93.7 Å². The minimum atomic E-state index is 0.184. The van der Waals surface area contributed by atoms with Gasteiger partial charge in [0, 0.05) is 15.7 Å². The van der Waals surface area contributed by atoms with Crippen molar-refractivity contribution < 1.29 is 0 Å². The van der Waals surface area contributed by atoms with Crippen molar-refractivity contribution in [3.05, 3.63) is 88.9 Å². The molecule has 0 radical (unpaired) electrons. The molecule has 22 heavy (non-hydrogen) atoms. The minimum Gasteiger partial charge on any atom is -0.317 e. The van der Waals surface area contributed by atoms with Crippen LogP contribution in [0.5, 0.6) is 0 Å². The summed E-state index contributed by atoms with van der Waals surface area (Å²) in [6.45, 7) is 0. The fourth-order valence-electron chi connectivity index (χ4n) is 2.98. The van der Waals surface area contributed by atoms with E-state index in [4.69, 9.17) is 4.99 Å². The van der Waals surface area contributed by atoms with Gasteiger partial charge in [0.15, 0.2) is 0 Å². The molecular formula is C19H15BrN2. The van der Waals surface area contributed by atoms with Crippen molar-refractivity contribution in [1.82, 2.24) is 0 Å². The van der Waals surface area contributed by atoms with Crippen LogP contribution in [-0.2, 0) is 0 Å². The lowest BCUT2D eigenvalue weighted by atomic mass is 10.0. The first-order valence-corrected chi connectivity index (χ1v) is 8.15. The fourth-order valence-corrected chi connectivity index (χ4v) is 3.25. The molecule has 0 amide bonds. The maximum absolute atomic E-state index is 4.96. The zero-order chi connectivity index (χ0) is 14.9. The molecule has 2 aromatic rings. The van der Waals surface area contributed by atoms with Gasteiger partial charge in [0.2, 0.25) is 0 Å². The Morgan fingerprint density at radius 3 is 2.36 bits per heavy atom. The van der Waals surface area contributed by atoms with E-state index < -0.39 is 0 Å². The Morgan fingerprint density at radius 2 is 1.59 bits per heavy atom. The lowest BCUT2D eigenvalue weighted by Gasteiger charge is -2.28. The second-order valence-corrected chi connectivity index (χ2v) is 6.33. The Labute approximate surface area is 138 Å². The number of nitrogens with zero attached hydrogens (tertiary/aromatic N) is 2. The molecule has 2 nitrogen and oxygen atoms in total. The van der Waals surface area contributed by atoms with Crippen LogP contribution in [-0.4, -0.2) is 17.9 Å². The van der Waals surface area contributed by atoms with Crippen molar-refractivity contribution in [2.45, 2.75) is 12.1 Å². The first-order valence-electron chi connectivity index (χ1n) is 7.36. The van der Waals surface area contributed by atoms with Crippen molar-refractivity contribution in [3.63, 3.8) is 0 Å². The van der Waals surface area contributed by atoms with Crippen LogP contribution >= 0.6 is 15.9 Å². The number of rotatable bonds is 2. The van der Waals surface area contributed by atoms with Crippen LogP contribution in [0.25, 0.3) is 0 Å². The highest BCUT2D eigenvalue weighted by atomic mass is 79.9. The molecule has 3 heteroatoms. The van der Waals surface area contributed by atoms with E-state index in [0.29, 0.717) is 0 Å². The van der Waals surface area contributed by atoms with Crippen LogP contribution in [0.1, 0.15) is 5.56 Å². The summed E-state index contributed by atoms with van der Waals surface area (Å²) in [7, 11) is 0. The quantitative estimate of drug-likeness (QED) is 0.773. The van der Waals surface area contributed by atoms with Gasteiger partial charge in [-0.15, -0.1) is 0 Å². The number of aliphatic imine (C=N–C) groups is 1. The van der Waals surface area contributed by atoms with Gasteiger partial charge < -0.3 is 4.90 Å². The van der Waals surface area contributed by atoms with Crippen LogP contribution in [0.3, 0.4) is 0 Å². The van der Waals surface area contributed by atoms with E-state index >= 15 is 0 Å². The molecule has 0 spiro atoms. The van der Waals surface area contributed by atoms with Gasteiger partial charge in [0.1, 0.15) is 5.84 Å². The van der Waals surface area contributed by atoms with Gasteiger partial charge in [-0.1, -0.05) is 70.6 Å². The molecule has 1 heterocycles. The number of para-hydroxylation sites is 1. The Morgan fingerprint density at radius 1 is 0.864 bits per heavy atom. The van der Waals surface area contributed by atoms with E-state index in [0.717, 1.165) is 15.9 Å². The number of hydrogen-bond acceptors (Lipinski definition) is 2. The van der Waals surface area contributed by atoms with E-state index in [9.17, 15) is 0 Å². The lowest BCUT2D eigenvalue weighted by Crippen LogP contribution is -2.39. The lowest BCUT2D eigenvalue weighted by molar-refractivity contribution is 0.739. The zero-order valence-corrected chi connectivity index (χ0v) is 13.5. The second-order valence-electron chi connectivity index (χ2n) is 5.42. The van der Waals surface area contributed by atoms with Crippen LogP contribution in [0.2, 0.25) is 0 Å². The summed E-state index contributed by atoms with van der Waals surface area (Å²) < 4.78 is 1.08. The number of fused-ring (bicyclic) bond motifs is 1. The average molecular weight is 351 g/mol. The molecule has 2 aromatic carbocycles. The van der Waals surface area contributed by atoms with Gasteiger partial charge in [-0.05, 0) is 24.3 Å². The Balaban J connectivity index is 1.81. The van der Waals surface area contributed by atoms with Crippen LogP contribution in [0.15, 0.2) is 88.4 Å². The SMILES string of the molecule is Brc1ccc(C2=NC3C=CC=CC3N2c2ccccc2)cc1. The smallest absolute Gasteiger partial charge is 0.136 e. The average Bonchev–Trinajstić information content (AvgIpc) is 2.96. The van der Waals surface area contributed by atoms with E-state index in [1.807, 2.05) is 6.07 Å². The normalized spacial score (nSPS) is 22.6. The molecule has 0 N–H and O–H groups in total. The summed E-state index contributed by atoms with van der Waals surface area (Å²) >= 11 is 3.50. The molecule has 0 bridgehead atoms. The third kappa shape index (κ3) is 2.32. The topological polar surface area (TPSA) is 15.6 Å². The Bertz CT molecular complexity index is 760. The van der Waals surface area contributed by atoms with Gasteiger partial charge in [0.05, 0.1) is 12.1 Å². The summed E-state index contributed by atoms with van der Waals surface area (Å²) in [5.74, 6) is 1.03. The molecule has 1 aliphatic heterocycles. The Hall–Kier alpha value is -2.13. The van der Waals surface area contributed by atoms with Crippen molar-refractivity contribution >= 4 is 27.5 Å². The van der Waals surface area contributed by atoms with E-state index in [-0.39, 0.29) is 12.1 Å². The van der Waals surface area contributed by atoms with Crippen molar-refractivity contribution in [3.8, 4) is 0 Å². The maximum Gasteiger partial charge on any atom is 0.136 e. The first-order chi connectivity index (χ1) is 10.8. The van der Waals surface area contributed by atoms with E-state index in [1.165, 1.54) is 5.69 Å². The van der Waals surface area contributed by atoms with Crippen LogP contribution < -0.4 is 4.90 Å². The number of hydrogen-bond donors (Lipinski definition) is 0. The molecule has 0 aromatic heterocycles. The predicted molar refractivity (Wildman–Crippen MR) is 95.5 cm³/mol. The number of allylic oxidation sites excluding steroid dienone is 2. The molecule has 2 aliphatic rings. The monoisotopic (exact) mass is 350 g/mol. The molecule has 0 fully saturated rings. The second kappa shape index (κ2) is 5.58. The number of benzene rings is 2. The molecule has 108 valence electrons. The third-order valence-electron chi connectivity index (χ3n) is 4.01. The summed E-state index contributed by atoms with van der Waals surface area (Å²) in [6, 6.07) is 19.3. The number of halogens is 1. The Kier molecular flexibility index (Phi) is 3.43. The highest BCUT2D eigenvalue weighted by Crippen LogP contribution is 2.31. The van der Waals surface area contributed by atoms with Gasteiger partial charge in [-0.3, -0.25) is 4.99 Å². The van der Waals surface area contributed by atoms with Crippen molar-refractivity contribution in [2.24, 2.45) is 4.99 Å². The van der Waals surface area contributed by atoms with Gasteiger partial charge in [-0.2, -0.15) is 0 Å². The minimum absolute atomic E-state index is 0.184. The molecule has 0 saturated carbocycles. The molecule has 2 atom stereocenters. The molecule has 0 saturated heterocycles. The summed E-state index contributed by atoms with van der Waals surface area (Å²) in [5.41, 5.74) is 2.32. The van der Waals surface area contributed by atoms with Gasteiger partial charge in [-0.25, -0.2) is 0 Å². The summed E-state index contributed by atoms with van der Waals surface area (Å²) in [5, 5.41) is 0. The van der Waals surface area contributed by atoms with Crippen molar-refractivity contribution in [1.29, 1.82) is 0 Å². The summed E-state index contributed by atoms with van der Waals surface area (Å²) in [4.78, 5) is 7.28. The van der Waals surface area contributed by atoms with Gasteiger partial charge in [0.25, 0.3) is 0 Å². The van der Waals surface area contributed by atoms with Crippen LogP contribution in [0, 0.1) is 0 Å². The third-order valence-corrected chi connectivity index (χ3v) is 4.54. The highest BCUT2D eigenvalue weighted by Gasteiger charge is 2.35. The zero-order valence-electron chi connectivity index (χ0n) is 11.9. The molecule has 2 unspecified atom stereocenters. The number of amidine groups is 1. The summed E-state index contributed by atoms with van der Waals surface area (Å²) in [6.07, 6.45) is 8.59. The molecule has 1 aliphatic carbocycles. The number of anilines is 1. The molecular weight excluding hydrogens is 336 g/mol. The molecule has 4 rings (SSSR count). The first kappa shape index (κ1) is 13.5. The maximum atomic E-state index is 4.96. The van der Waals surface area contributed by atoms with Gasteiger partial charge >= 0.3 is 0 Å².